The van der Waals surface area contributed by atoms with Crippen LogP contribution in [0.3, 0.4) is 0 Å². The van der Waals surface area contributed by atoms with Gasteiger partial charge < -0.3 is 25.4 Å². The van der Waals surface area contributed by atoms with E-state index in [-0.39, 0.29) is 23.8 Å². The standard InChI is InChI=1S/C21H31N3O4/c1-27-18-11-14-7-9-24(13-16(14)12-19(18)28-2)20(25)4-3-8-23-21(26)15-5-6-17(22)10-15/h11-12,15,17H,3-10,13,22H2,1-2H3,(H,23,26). The van der Waals surface area contributed by atoms with E-state index in [1.54, 1.807) is 14.2 Å². The van der Waals surface area contributed by atoms with E-state index in [0.717, 1.165) is 37.0 Å². The second-order valence-corrected chi connectivity index (χ2v) is 7.71. The molecule has 1 heterocycles. The molecule has 0 radical (unpaired) electrons. The van der Waals surface area contributed by atoms with E-state index in [1.165, 1.54) is 5.56 Å². The normalized spacial score (nSPS) is 21.2. The molecule has 1 aromatic carbocycles. The summed E-state index contributed by atoms with van der Waals surface area (Å²) in [7, 11) is 3.24. The average Bonchev–Trinajstić information content (AvgIpc) is 3.15. The first kappa shape index (κ1) is 20.5. The number of carbonyl (C=O) groups excluding carboxylic acids is 2. The number of hydrogen-bond donors (Lipinski definition) is 2. The molecule has 2 aliphatic rings. The van der Waals surface area contributed by atoms with E-state index in [4.69, 9.17) is 15.2 Å². The maximum Gasteiger partial charge on any atom is 0.223 e. The van der Waals surface area contributed by atoms with E-state index < -0.39 is 0 Å². The van der Waals surface area contributed by atoms with Crippen LogP contribution in [-0.2, 0) is 22.6 Å². The third-order valence-electron chi connectivity index (χ3n) is 5.78. The summed E-state index contributed by atoms with van der Waals surface area (Å²) in [6.07, 6.45) is 4.45. The highest BCUT2D eigenvalue weighted by Gasteiger charge is 2.27. The summed E-state index contributed by atoms with van der Waals surface area (Å²) >= 11 is 0. The van der Waals surface area contributed by atoms with Crippen LogP contribution in [0.25, 0.3) is 0 Å². The Morgan fingerprint density at radius 2 is 1.89 bits per heavy atom. The van der Waals surface area contributed by atoms with Gasteiger partial charge in [0.2, 0.25) is 11.8 Å². The summed E-state index contributed by atoms with van der Waals surface area (Å²) in [4.78, 5) is 26.6. The lowest BCUT2D eigenvalue weighted by Crippen LogP contribution is -2.36. The van der Waals surface area contributed by atoms with Crippen molar-refractivity contribution in [2.75, 3.05) is 27.3 Å². The molecule has 1 saturated carbocycles. The van der Waals surface area contributed by atoms with Crippen molar-refractivity contribution in [3.8, 4) is 11.5 Å². The van der Waals surface area contributed by atoms with Gasteiger partial charge in [-0.25, -0.2) is 0 Å². The van der Waals surface area contributed by atoms with Crippen LogP contribution in [0.4, 0.5) is 0 Å². The minimum atomic E-state index is 0.0382. The van der Waals surface area contributed by atoms with Crippen molar-refractivity contribution in [1.82, 2.24) is 10.2 Å². The highest BCUT2D eigenvalue weighted by atomic mass is 16.5. The van der Waals surface area contributed by atoms with E-state index in [2.05, 4.69) is 5.32 Å². The Hall–Kier alpha value is -2.28. The van der Waals surface area contributed by atoms with Crippen LogP contribution in [0.1, 0.15) is 43.2 Å². The molecule has 7 heteroatoms. The van der Waals surface area contributed by atoms with Gasteiger partial charge in [0, 0.05) is 38.0 Å². The molecule has 1 aliphatic carbocycles. The summed E-state index contributed by atoms with van der Waals surface area (Å²) in [5.74, 6) is 1.65. The number of amides is 2. The summed E-state index contributed by atoms with van der Waals surface area (Å²) in [6.45, 7) is 1.82. The molecule has 0 spiro atoms. The fraction of sp³-hybridized carbons (Fsp3) is 0.619. The first-order valence-electron chi connectivity index (χ1n) is 10.1. The van der Waals surface area contributed by atoms with Crippen LogP contribution in [0.5, 0.6) is 11.5 Å². The van der Waals surface area contributed by atoms with E-state index in [9.17, 15) is 9.59 Å². The van der Waals surface area contributed by atoms with Gasteiger partial charge in [0.15, 0.2) is 11.5 Å². The number of nitrogens with two attached hydrogens (primary N) is 1. The number of hydrogen-bond acceptors (Lipinski definition) is 5. The first-order valence-corrected chi connectivity index (χ1v) is 10.1. The number of nitrogens with zero attached hydrogens (tertiary/aromatic N) is 1. The predicted octanol–water partition coefficient (Wildman–Crippen LogP) is 1.61. The third kappa shape index (κ3) is 4.76. The van der Waals surface area contributed by atoms with Crippen LogP contribution in [-0.4, -0.2) is 50.1 Å². The van der Waals surface area contributed by atoms with Crippen molar-refractivity contribution in [3.05, 3.63) is 23.3 Å². The Kier molecular flexibility index (Phi) is 6.78. The highest BCUT2D eigenvalue weighted by molar-refractivity contribution is 5.79. The largest absolute Gasteiger partial charge is 0.493 e. The van der Waals surface area contributed by atoms with Gasteiger partial charge in [-0.2, -0.15) is 0 Å². The monoisotopic (exact) mass is 389 g/mol. The number of rotatable bonds is 7. The molecule has 7 nitrogen and oxygen atoms in total. The van der Waals surface area contributed by atoms with Crippen LogP contribution in [0.15, 0.2) is 12.1 Å². The van der Waals surface area contributed by atoms with Gasteiger partial charge >= 0.3 is 0 Å². The van der Waals surface area contributed by atoms with E-state index in [0.29, 0.717) is 38.2 Å². The van der Waals surface area contributed by atoms with Crippen LogP contribution in [0.2, 0.25) is 0 Å². The fourth-order valence-corrected chi connectivity index (χ4v) is 4.10. The van der Waals surface area contributed by atoms with Gasteiger partial charge in [-0.1, -0.05) is 0 Å². The molecule has 0 bridgehead atoms. The zero-order valence-electron chi connectivity index (χ0n) is 16.8. The Morgan fingerprint density at radius 3 is 2.54 bits per heavy atom. The van der Waals surface area contributed by atoms with Gasteiger partial charge in [-0.3, -0.25) is 9.59 Å². The molecule has 154 valence electrons. The zero-order valence-corrected chi connectivity index (χ0v) is 16.8. The van der Waals surface area contributed by atoms with Gasteiger partial charge in [0.25, 0.3) is 0 Å². The first-order chi connectivity index (χ1) is 13.5. The molecule has 0 aromatic heterocycles. The molecule has 28 heavy (non-hydrogen) atoms. The smallest absolute Gasteiger partial charge is 0.223 e. The molecular formula is C21H31N3O4. The molecule has 2 unspecified atom stereocenters. The molecule has 1 fully saturated rings. The molecule has 2 amide bonds. The average molecular weight is 389 g/mol. The highest BCUT2D eigenvalue weighted by Crippen LogP contribution is 2.33. The number of ether oxygens (including phenoxy) is 2. The summed E-state index contributed by atoms with van der Waals surface area (Å²) < 4.78 is 10.7. The predicted molar refractivity (Wildman–Crippen MR) is 106 cm³/mol. The lowest BCUT2D eigenvalue weighted by molar-refractivity contribution is -0.132. The summed E-state index contributed by atoms with van der Waals surface area (Å²) in [5, 5.41) is 2.95. The molecule has 3 N–H and O–H groups in total. The van der Waals surface area contributed by atoms with Gasteiger partial charge in [0.05, 0.1) is 14.2 Å². The molecule has 0 saturated heterocycles. The van der Waals surface area contributed by atoms with Crippen molar-refractivity contribution in [1.29, 1.82) is 0 Å². The van der Waals surface area contributed by atoms with Crippen molar-refractivity contribution in [2.45, 2.75) is 51.1 Å². The Morgan fingerprint density at radius 1 is 1.18 bits per heavy atom. The zero-order chi connectivity index (χ0) is 20.1. The molecule has 2 atom stereocenters. The molecule has 1 aliphatic heterocycles. The van der Waals surface area contributed by atoms with Crippen molar-refractivity contribution in [3.63, 3.8) is 0 Å². The van der Waals surface area contributed by atoms with Gasteiger partial charge in [0.1, 0.15) is 0 Å². The Labute approximate surface area is 166 Å². The summed E-state index contributed by atoms with van der Waals surface area (Å²) in [5.41, 5.74) is 8.16. The van der Waals surface area contributed by atoms with Crippen molar-refractivity contribution in [2.24, 2.45) is 11.7 Å². The lowest BCUT2D eigenvalue weighted by Gasteiger charge is -2.29. The number of methoxy groups -OCH3 is 2. The second kappa shape index (κ2) is 9.28. The topological polar surface area (TPSA) is 93.9 Å². The third-order valence-corrected chi connectivity index (χ3v) is 5.78. The van der Waals surface area contributed by atoms with Crippen molar-refractivity contribution < 1.29 is 19.1 Å². The fourth-order valence-electron chi connectivity index (χ4n) is 4.10. The quantitative estimate of drug-likeness (QED) is 0.691. The molecule has 1 aromatic rings. The van der Waals surface area contributed by atoms with Crippen LogP contribution < -0.4 is 20.5 Å². The maximum absolute atomic E-state index is 12.6. The summed E-state index contributed by atoms with van der Waals surface area (Å²) in [6, 6.07) is 4.11. The molecular weight excluding hydrogens is 358 g/mol. The number of benzene rings is 1. The number of carbonyl (C=O) groups is 2. The second-order valence-electron chi connectivity index (χ2n) is 7.71. The van der Waals surface area contributed by atoms with Crippen molar-refractivity contribution >= 4 is 11.8 Å². The number of nitrogens with one attached hydrogen (secondary N) is 1. The van der Waals surface area contributed by atoms with Crippen LogP contribution >= 0.6 is 0 Å². The van der Waals surface area contributed by atoms with Gasteiger partial charge in [-0.05, 0) is 55.4 Å². The minimum Gasteiger partial charge on any atom is -0.493 e. The minimum absolute atomic E-state index is 0.0382. The Bertz CT molecular complexity index is 722. The maximum atomic E-state index is 12.6. The van der Waals surface area contributed by atoms with Gasteiger partial charge in [-0.15, -0.1) is 0 Å². The Balaban J connectivity index is 1.45. The van der Waals surface area contributed by atoms with E-state index >= 15 is 0 Å². The molecule has 3 rings (SSSR count). The van der Waals surface area contributed by atoms with Crippen LogP contribution in [0, 0.1) is 5.92 Å². The number of fused-ring (bicyclic) bond motifs is 1. The SMILES string of the molecule is COc1cc2c(cc1OC)CN(C(=O)CCCNC(=O)C1CCC(N)C1)CC2. The lowest BCUT2D eigenvalue weighted by atomic mass is 9.98. The van der Waals surface area contributed by atoms with E-state index in [1.807, 2.05) is 17.0 Å².